The highest BCUT2D eigenvalue weighted by molar-refractivity contribution is 6.12. The van der Waals surface area contributed by atoms with Crippen molar-refractivity contribution in [3.05, 3.63) is 41.5 Å². The van der Waals surface area contributed by atoms with Crippen molar-refractivity contribution in [1.82, 2.24) is 0 Å². The zero-order valence-corrected chi connectivity index (χ0v) is 11.9. The van der Waals surface area contributed by atoms with Gasteiger partial charge in [-0.15, -0.1) is 0 Å². The maximum absolute atomic E-state index is 12.0. The Bertz CT molecular complexity index is 595. The number of hydrogen-bond acceptors (Lipinski definition) is 5. The van der Waals surface area contributed by atoms with E-state index in [0.29, 0.717) is 11.1 Å². The normalized spacial score (nSPS) is 10.4. The summed E-state index contributed by atoms with van der Waals surface area (Å²) >= 11 is 0. The molecule has 0 unspecified atom stereocenters. The molecule has 0 aromatic rings. The molecule has 0 spiro atoms. The van der Waals surface area contributed by atoms with E-state index < -0.39 is 17.7 Å². The van der Waals surface area contributed by atoms with Crippen molar-refractivity contribution >= 4 is 11.9 Å². The van der Waals surface area contributed by atoms with Gasteiger partial charge in [-0.05, 0) is 13.8 Å². The van der Waals surface area contributed by atoms with E-state index in [9.17, 15) is 14.7 Å². The first kappa shape index (κ1) is 14.8. The number of aromatic hydroxyl groups is 1. The zero-order chi connectivity index (χ0) is 15.4. The Morgan fingerprint density at radius 2 is 1.33 bits per heavy atom. The number of carbonyl (C=O) groups excluding carboxylic acids is 2. The van der Waals surface area contributed by atoms with Crippen molar-refractivity contribution in [2.24, 2.45) is 0 Å². The molecule has 0 bridgehead atoms. The quantitative estimate of drug-likeness (QED) is 0.876. The van der Waals surface area contributed by atoms with Crippen LogP contribution in [0.3, 0.4) is 0 Å². The molecule has 0 atom stereocenters. The molecule has 0 amide bonds. The summed E-state index contributed by atoms with van der Waals surface area (Å²) in [6.07, 6.45) is 0. The van der Waals surface area contributed by atoms with Gasteiger partial charge in [-0.3, -0.25) is 0 Å². The number of esters is 2. The highest BCUT2D eigenvalue weighted by Crippen LogP contribution is 2.41. The van der Waals surface area contributed by atoms with E-state index in [4.69, 9.17) is 9.47 Å². The van der Waals surface area contributed by atoms with Gasteiger partial charge >= 0.3 is 11.9 Å². The SMILES string of the molecule is CCOC(=O)c1c2cccccc-2c(C(=O)OCC)c1O. The molecule has 0 saturated carbocycles. The van der Waals surface area contributed by atoms with E-state index in [2.05, 4.69) is 0 Å². The molecule has 2 aliphatic rings. The van der Waals surface area contributed by atoms with Gasteiger partial charge in [-0.2, -0.15) is 0 Å². The Hall–Kier alpha value is -2.56. The summed E-state index contributed by atoms with van der Waals surface area (Å²) in [7, 11) is 0. The molecule has 2 rings (SSSR count). The third-order valence-corrected chi connectivity index (χ3v) is 3.01. The number of rotatable bonds is 4. The lowest BCUT2D eigenvalue weighted by atomic mass is 10.1. The summed E-state index contributed by atoms with van der Waals surface area (Å²) < 4.78 is 9.90. The molecule has 110 valence electrons. The van der Waals surface area contributed by atoms with Gasteiger partial charge in [0.2, 0.25) is 0 Å². The van der Waals surface area contributed by atoms with Crippen LogP contribution in [0.25, 0.3) is 11.1 Å². The van der Waals surface area contributed by atoms with Gasteiger partial charge in [0, 0.05) is 11.1 Å². The first-order valence-electron chi connectivity index (χ1n) is 6.69. The van der Waals surface area contributed by atoms with Crippen LogP contribution in [0.15, 0.2) is 30.3 Å². The lowest BCUT2D eigenvalue weighted by Gasteiger charge is -2.02. The van der Waals surface area contributed by atoms with Crippen molar-refractivity contribution in [3.63, 3.8) is 0 Å². The lowest BCUT2D eigenvalue weighted by Crippen LogP contribution is -2.06. The molecule has 0 fully saturated rings. The van der Waals surface area contributed by atoms with Gasteiger partial charge < -0.3 is 14.6 Å². The van der Waals surface area contributed by atoms with Crippen LogP contribution in [0.5, 0.6) is 5.75 Å². The van der Waals surface area contributed by atoms with Gasteiger partial charge in [0.15, 0.2) is 0 Å². The van der Waals surface area contributed by atoms with Crippen molar-refractivity contribution < 1.29 is 24.2 Å². The molecule has 0 heterocycles. The lowest BCUT2D eigenvalue weighted by molar-refractivity contribution is 0.0524. The monoisotopic (exact) mass is 288 g/mol. The van der Waals surface area contributed by atoms with Crippen LogP contribution in [0, 0.1) is 0 Å². The molecule has 5 nitrogen and oxygen atoms in total. The van der Waals surface area contributed by atoms with Gasteiger partial charge in [-0.1, -0.05) is 30.3 Å². The molecule has 0 aromatic carbocycles. The molecule has 21 heavy (non-hydrogen) atoms. The predicted octanol–water partition coefficient (Wildman–Crippen LogP) is 2.85. The van der Waals surface area contributed by atoms with Crippen molar-refractivity contribution in [2.75, 3.05) is 13.2 Å². The predicted molar refractivity (Wildman–Crippen MR) is 76.6 cm³/mol. The molecule has 0 aromatic heterocycles. The fraction of sp³-hybridized carbons (Fsp3) is 0.250. The molecular weight excluding hydrogens is 272 g/mol. The average molecular weight is 288 g/mol. The largest absolute Gasteiger partial charge is 0.506 e. The van der Waals surface area contributed by atoms with E-state index in [1.165, 1.54) is 0 Å². The Morgan fingerprint density at radius 1 is 0.905 bits per heavy atom. The van der Waals surface area contributed by atoms with Crippen LogP contribution in [0.4, 0.5) is 0 Å². The fourth-order valence-corrected chi connectivity index (χ4v) is 2.18. The summed E-state index contributed by atoms with van der Waals surface area (Å²) in [6.45, 7) is 3.70. The van der Waals surface area contributed by atoms with E-state index in [1.807, 2.05) is 0 Å². The van der Waals surface area contributed by atoms with E-state index >= 15 is 0 Å². The Labute approximate surface area is 122 Å². The second-order valence-electron chi connectivity index (χ2n) is 4.28. The number of ether oxygens (including phenoxy) is 2. The topological polar surface area (TPSA) is 72.8 Å². The zero-order valence-electron chi connectivity index (χ0n) is 11.9. The maximum atomic E-state index is 12.0. The molecule has 5 heteroatoms. The van der Waals surface area contributed by atoms with Crippen LogP contribution in [-0.4, -0.2) is 30.3 Å². The third-order valence-electron chi connectivity index (χ3n) is 3.01. The average Bonchev–Trinajstić information content (AvgIpc) is 2.59. The Morgan fingerprint density at radius 3 is 1.71 bits per heavy atom. The minimum absolute atomic E-state index is 0.00824. The minimum atomic E-state index is -0.665. The van der Waals surface area contributed by atoms with Gasteiger partial charge in [-0.25, -0.2) is 9.59 Å². The molecular formula is C16H16O5. The molecule has 0 aliphatic heterocycles. The third kappa shape index (κ3) is 2.67. The van der Waals surface area contributed by atoms with Gasteiger partial charge in [0.25, 0.3) is 0 Å². The van der Waals surface area contributed by atoms with E-state index in [1.54, 1.807) is 44.2 Å². The first-order chi connectivity index (χ1) is 10.1. The van der Waals surface area contributed by atoms with Crippen LogP contribution < -0.4 is 0 Å². The maximum Gasteiger partial charge on any atom is 0.342 e. The van der Waals surface area contributed by atoms with Gasteiger partial charge in [0.1, 0.15) is 16.9 Å². The Kier molecular flexibility index (Phi) is 4.42. The van der Waals surface area contributed by atoms with Crippen molar-refractivity contribution in [2.45, 2.75) is 13.8 Å². The highest BCUT2D eigenvalue weighted by atomic mass is 16.5. The summed E-state index contributed by atoms with van der Waals surface area (Å²) in [5.41, 5.74) is 0.898. The molecule has 2 aliphatic carbocycles. The second kappa shape index (κ2) is 6.26. The summed E-state index contributed by atoms with van der Waals surface area (Å²) in [5.74, 6) is -1.73. The first-order valence-corrected chi connectivity index (χ1v) is 6.69. The van der Waals surface area contributed by atoms with Crippen molar-refractivity contribution in [3.8, 4) is 16.9 Å². The summed E-state index contributed by atoms with van der Waals surface area (Å²) in [6, 6.07) is 8.52. The minimum Gasteiger partial charge on any atom is -0.506 e. The van der Waals surface area contributed by atoms with Crippen LogP contribution in [0.2, 0.25) is 0 Å². The highest BCUT2D eigenvalue weighted by Gasteiger charge is 2.31. The smallest absolute Gasteiger partial charge is 0.342 e. The van der Waals surface area contributed by atoms with Crippen molar-refractivity contribution in [1.29, 1.82) is 0 Å². The standard InChI is InChI=1S/C16H16O5/c1-3-20-15(18)12-10-8-6-5-7-9-11(10)13(14(12)17)16(19)21-4-2/h5-9,17H,3-4H2,1-2H3. The van der Waals surface area contributed by atoms with Crippen LogP contribution in [-0.2, 0) is 9.47 Å². The number of fused-ring (bicyclic) bond motifs is 1. The Balaban J connectivity index is 2.68. The number of carbonyl (C=O) groups is 2. The fourth-order valence-electron chi connectivity index (χ4n) is 2.18. The number of hydrogen-bond donors (Lipinski definition) is 1. The van der Waals surface area contributed by atoms with Gasteiger partial charge in [0.05, 0.1) is 13.2 Å². The van der Waals surface area contributed by atoms with E-state index in [0.717, 1.165) is 0 Å². The molecule has 1 N–H and O–H groups in total. The van der Waals surface area contributed by atoms with E-state index in [-0.39, 0.29) is 24.3 Å². The summed E-state index contributed by atoms with van der Waals surface area (Å²) in [4.78, 5) is 24.1. The van der Waals surface area contributed by atoms with Crippen LogP contribution >= 0.6 is 0 Å². The molecule has 0 radical (unpaired) electrons. The van der Waals surface area contributed by atoms with Crippen LogP contribution in [0.1, 0.15) is 34.6 Å². The molecule has 0 saturated heterocycles. The second-order valence-corrected chi connectivity index (χ2v) is 4.28. The summed E-state index contributed by atoms with van der Waals surface area (Å²) in [5, 5.41) is 10.3.